The second-order valence-corrected chi connectivity index (χ2v) is 9.58. The molecule has 0 unspecified atom stereocenters. The molecule has 9 heteroatoms. The Bertz CT molecular complexity index is 1740. The van der Waals surface area contributed by atoms with Crippen molar-refractivity contribution in [1.82, 2.24) is 9.97 Å². The van der Waals surface area contributed by atoms with Crippen molar-refractivity contribution >= 4 is 40.2 Å². The van der Waals surface area contributed by atoms with E-state index in [-0.39, 0.29) is 5.56 Å². The second kappa shape index (κ2) is 12.1. The zero-order valence-electron chi connectivity index (χ0n) is 22.6. The number of hydrogen-bond donors (Lipinski definition) is 1. The lowest BCUT2D eigenvalue weighted by atomic mass is 10.0. The Balaban J connectivity index is 1.42. The van der Waals surface area contributed by atoms with Gasteiger partial charge in [-0.05, 0) is 91.3 Å². The minimum Gasteiger partial charge on any atom is -0.497 e. The normalized spacial score (nSPS) is 10.7. The van der Waals surface area contributed by atoms with Crippen LogP contribution in [0.3, 0.4) is 0 Å². The Morgan fingerprint density at radius 1 is 0.756 bits per heavy atom. The number of ether oxygens (including phenoxy) is 3. The predicted molar refractivity (Wildman–Crippen MR) is 159 cm³/mol. The van der Waals surface area contributed by atoms with Crippen LogP contribution in [0.1, 0.15) is 15.9 Å². The average Bonchev–Trinajstić information content (AvgIpc) is 3.01. The van der Waals surface area contributed by atoms with Gasteiger partial charge in [0.05, 0.1) is 42.2 Å². The maximum atomic E-state index is 12.8. The van der Waals surface area contributed by atoms with E-state index < -0.39 is 18.5 Å². The second-order valence-electron chi connectivity index (χ2n) is 9.17. The fourth-order valence-corrected chi connectivity index (χ4v) is 4.34. The summed E-state index contributed by atoms with van der Waals surface area (Å²) in [5, 5.41) is 3.20. The van der Waals surface area contributed by atoms with Crippen LogP contribution in [-0.2, 0) is 9.53 Å². The topological polar surface area (TPSA) is 99.6 Å². The first-order valence-corrected chi connectivity index (χ1v) is 13.1. The number of anilines is 1. The van der Waals surface area contributed by atoms with Crippen molar-refractivity contribution in [3.05, 3.63) is 101 Å². The van der Waals surface area contributed by atoms with Crippen molar-refractivity contribution in [2.75, 3.05) is 26.1 Å². The lowest BCUT2D eigenvalue weighted by molar-refractivity contribution is -0.119. The summed E-state index contributed by atoms with van der Waals surface area (Å²) in [4.78, 5) is 35.0. The number of carbonyl (C=O) groups excluding carboxylic acids is 2. The molecule has 1 amide bonds. The molecule has 0 aliphatic rings. The molecule has 4 aromatic carbocycles. The summed E-state index contributed by atoms with van der Waals surface area (Å²) in [6.45, 7) is 1.41. The fourth-order valence-electron chi connectivity index (χ4n) is 4.16. The summed E-state index contributed by atoms with van der Waals surface area (Å²) >= 11 is 6.11. The van der Waals surface area contributed by atoms with Crippen LogP contribution in [0.4, 0.5) is 5.69 Å². The highest BCUT2D eigenvalue weighted by Crippen LogP contribution is 2.33. The van der Waals surface area contributed by atoms with Gasteiger partial charge in [-0.3, -0.25) is 4.79 Å². The van der Waals surface area contributed by atoms with Crippen molar-refractivity contribution in [2.24, 2.45) is 0 Å². The third-order valence-electron chi connectivity index (χ3n) is 6.42. The number of aromatic nitrogens is 2. The number of nitrogens with one attached hydrogen (secondary N) is 1. The first-order valence-electron chi connectivity index (χ1n) is 12.7. The van der Waals surface area contributed by atoms with Crippen LogP contribution in [0.2, 0.25) is 5.02 Å². The van der Waals surface area contributed by atoms with Gasteiger partial charge in [-0.25, -0.2) is 14.8 Å². The smallest absolute Gasteiger partial charge is 0.338 e. The zero-order chi connectivity index (χ0) is 28.9. The molecule has 0 aliphatic heterocycles. The number of methoxy groups -OCH3 is 2. The molecule has 5 rings (SSSR count). The highest BCUT2D eigenvalue weighted by atomic mass is 35.5. The molecule has 0 spiro atoms. The van der Waals surface area contributed by atoms with E-state index in [0.717, 1.165) is 22.4 Å². The number of carbonyl (C=O) groups is 2. The SMILES string of the molecule is COc1ccc(-c2nc3ccc(C(=O)OCC(=O)Nc4ccc(C)c(Cl)c4)cc3nc2-c2ccc(OC)cc2)cc1. The minimum absolute atomic E-state index is 0.246. The van der Waals surface area contributed by atoms with Gasteiger partial charge in [-0.1, -0.05) is 17.7 Å². The summed E-state index contributed by atoms with van der Waals surface area (Å²) in [7, 11) is 3.22. The fraction of sp³-hybridized carbons (Fsp3) is 0.125. The Labute approximate surface area is 241 Å². The summed E-state index contributed by atoms with van der Waals surface area (Å²) in [6, 6.07) is 25.1. The van der Waals surface area contributed by atoms with Gasteiger partial charge < -0.3 is 19.5 Å². The molecule has 1 heterocycles. The van der Waals surface area contributed by atoms with Crippen molar-refractivity contribution < 1.29 is 23.8 Å². The molecule has 1 aromatic heterocycles. The Morgan fingerprint density at radius 3 is 1.90 bits per heavy atom. The van der Waals surface area contributed by atoms with Crippen LogP contribution < -0.4 is 14.8 Å². The van der Waals surface area contributed by atoms with E-state index in [1.54, 1.807) is 50.6 Å². The molecule has 0 saturated heterocycles. The van der Waals surface area contributed by atoms with E-state index >= 15 is 0 Å². The van der Waals surface area contributed by atoms with Crippen molar-refractivity contribution in [3.63, 3.8) is 0 Å². The minimum atomic E-state index is -0.656. The molecular weight excluding hydrogens is 542 g/mol. The maximum absolute atomic E-state index is 12.8. The number of amides is 1. The van der Waals surface area contributed by atoms with Gasteiger partial charge in [-0.2, -0.15) is 0 Å². The van der Waals surface area contributed by atoms with E-state index in [9.17, 15) is 9.59 Å². The molecular formula is C32H26ClN3O5. The highest BCUT2D eigenvalue weighted by molar-refractivity contribution is 6.31. The van der Waals surface area contributed by atoms with Crippen molar-refractivity contribution in [3.8, 4) is 34.0 Å². The van der Waals surface area contributed by atoms with Crippen molar-refractivity contribution in [1.29, 1.82) is 0 Å². The predicted octanol–water partition coefficient (Wildman–Crippen LogP) is 6.74. The van der Waals surface area contributed by atoms with E-state index in [2.05, 4.69) is 5.32 Å². The third-order valence-corrected chi connectivity index (χ3v) is 6.82. The van der Waals surface area contributed by atoms with Gasteiger partial charge in [0.2, 0.25) is 0 Å². The number of halogens is 1. The first-order chi connectivity index (χ1) is 19.8. The first kappa shape index (κ1) is 27.6. The van der Waals surface area contributed by atoms with Crippen LogP contribution in [0.15, 0.2) is 84.9 Å². The third kappa shape index (κ3) is 6.28. The molecule has 206 valence electrons. The number of fused-ring (bicyclic) bond motifs is 1. The molecule has 0 aliphatic carbocycles. The molecule has 1 N–H and O–H groups in total. The van der Waals surface area contributed by atoms with E-state index in [1.807, 2.05) is 55.5 Å². The molecule has 0 fully saturated rings. The number of esters is 1. The molecule has 0 atom stereocenters. The lowest BCUT2D eigenvalue weighted by Gasteiger charge is -2.12. The van der Waals surface area contributed by atoms with Gasteiger partial charge in [0.15, 0.2) is 6.61 Å². The van der Waals surface area contributed by atoms with Crippen LogP contribution >= 0.6 is 11.6 Å². The monoisotopic (exact) mass is 567 g/mol. The average molecular weight is 568 g/mol. The number of benzene rings is 4. The number of rotatable bonds is 8. The lowest BCUT2D eigenvalue weighted by Crippen LogP contribution is -2.21. The van der Waals surface area contributed by atoms with E-state index in [4.69, 9.17) is 35.8 Å². The summed E-state index contributed by atoms with van der Waals surface area (Å²) < 4.78 is 15.9. The summed E-state index contributed by atoms with van der Waals surface area (Å²) in [6.07, 6.45) is 0. The summed E-state index contributed by atoms with van der Waals surface area (Å²) in [5.74, 6) is 0.307. The quantitative estimate of drug-likeness (QED) is 0.207. The summed E-state index contributed by atoms with van der Waals surface area (Å²) in [5.41, 5.74) is 5.74. The van der Waals surface area contributed by atoms with E-state index in [1.165, 1.54) is 0 Å². The van der Waals surface area contributed by atoms with Gasteiger partial charge in [0, 0.05) is 21.8 Å². The van der Waals surface area contributed by atoms with Crippen LogP contribution in [-0.4, -0.2) is 42.7 Å². The highest BCUT2D eigenvalue weighted by Gasteiger charge is 2.17. The van der Waals surface area contributed by atoms with E-state index in [0.29, 0.717) is 38.9 Å². The van der Waals surface area contributed by atoms with Crippen molar-refractivity contribution in [2.45, 2.75) is 6.92 Å². The molecule has 0 bridgehead atoms. The van der Waals surface area contributed by atoms with Gasteiger partial charge in [-0.15, -0.1) is 0 Å². The zero-order valence-corrected chi connectivity index (χ0v) is 23.4. The largest absolute Gasteiger partial charge is 0.497 e. The standard InChI is InChI=1S/C32H26ClN3O5/c1-19-4-10-23(17-26(19)33)34-29(37)18-41-32(38)22-9-15-27-28(16-22)36-31(21-7-13-25(40-3)14-8-21)30(35-27)20-5-11-24(39-2)12-6-20/h4-17H,18H2,1-3H3,(H,34,37). The van der Waals surface area contributed by atoms with Gasteiger partial charge >= 0.3 is 5.97 Å². The molecule has 5 aromatic rings. The molecule has 0 saturated carbocycles. The van der Waals surface area contributed by atoms with Crippen LogP contribution in [0.5, 0.6) is 11.5 Å². The number of aryl methyl sites for hydroxylation is 1. The molecule has 0 radical (unpaired) electrons. The Hall–Kier alpha value is -4.95. The van der Waals surface area contributed by atoms with Crippen LogP contribution in [0.25, 0.3) is 33.5 Å². The molecule has 8 nitrogen and oxygen atoms in total. The van der Waals surface area contributed by atoms with Crippen LogP contribution in [0, 0.1) is 6.92 Å². The number of nitrogens with zero attached hydrogens (tertiary/aromatic N) is 2. The Kier molecular flexibility index (Phi) is 8.12. The van der Waals surface area contributed by atoms with Gasteiger partial charge in [0.25, 0.3) is 5.91 Å². The van der Waals surface area contributed by atoms with Gasteiger partial charge in [0.1, 0.15) is 11.5 Å². The maximum Gasteiger partial charge on any atom is 0.338 e. The number of hydrogen-bond acceptors (Lipinski definition) is 7. The Morgan fingerprint density at radius 2 is 1.34 bits per heavy atom. The molecule has 41 heavy (non-hydrogen) atoms.